The molecule has 0 spiro atoms. The molecule has 0 radical (unpaired) electrons. The van der Waals surface area contributed by atoms with Crippen molar-refractivity contribution < 1.29 is 4.79 Å². The maximum atomic E-state index is 12.8. The van der Waals surface area contributed by atoms with Gasteiger partial charge in [0.1, 0.15) is 0 Å². The van der Waals surface area contributed by atoms with Crippen LogP contribution in [0.4, 0.5) is 0 Å². The van der Waals surface area contributed by atoms with E-state index in [1.54, 1.807) is 0 Å². The standard InChI is InChI=1S/C20H24N4OS/c1-3-16-9-6-7-11-23(16)18(25)13-26-20-22-21-19-14(2)12-15-8-4-5-10-17(15)24(19)20/h4-5,8,10,12,16H,3,6-7,9,11,13H2,1-2H3/t16-/m1/s1. The van der Waals surface area contributed by atoms with Crippen LogP contribution in [0.25, 0.3) is 16.6 Å². The third-order valence-electron chi connectivity index (χ3n) is 5.28. The third kappa shape index (κ3) is 3.07. The van der Waals surface area contributed by atoms with Gasteiger partial charge in [0, 0.05) is 12.6 Å². The van der Waals surface area contributed by atoms with Crippen LogP contribution in [0, 0.1) is 6.92 Å². The monoisotopic (exact) mass is 368 g/mol. The smallest absolute Gasteiger partial charge is 0.233 e. The molecule has 0 aliphatic carbocycles. The quantitative estimate of drug-likeness (QED) is 0.651. The number of aromatic nitrogens is 3. The van der Waals surface area contributed by atoms with Crippen molar-refractivity contribution in [2.45, 2.75) is 50.7 Å². The van der Waals surface area contributed by atoms with Gasteiger partial charge in [0.15, 0.2) is 10.8 Å². The van der Waals surface area contributed by atoms with Crippen LogP contribution in [0.2, 0.25) is 0 Å². The fraction of sp³-hybridized carbons (Fsp3) is 0.450. The lowest BCUT2D eigenvalue weighted by Crippen LogP contribution is -2.44. The highest BCUT2D eigenvalue weighted by molar-refractivity contribution is 7.99. The summed E-state index contributed by atoms with van der Waals surface area (Å²) in [5.41, 5.74) is 3.04. The predicted octanol–water partition coefficient (Wildman–Crippen LogP) is 4.07. The zero-order valence-electron chi connectivity index (χ0n) is 15.3. The van der Waals surface area contributed by atoms with Crippen LogP contribution in [-0.2, 0) is 4.79 Å². The molecule has 1 fully saturated rings. The van der Waals surface area contributed by atoms with Crippen LogP contribution in [-0.4, -0.2) is 43.7 Å². The minimum Gasteiger partial charge on any atom is -0.339 e. The second kappa shape index (κ2) is 7.27. The fourth-order valence-corrected chi connectivity index (χ4v) is 4.74. The highest BCUT2D eigenvalue weighted by atomic mass is 32.2. The number of pyridine rings is 1. The number of thioether (sulfide) groups is 1. The van der Waals surface area contributed by atoms with Gasteiger partial charge in [-0.25, -0.2) is 0 Å². The Labute approximate surface area is 157 Å². The number of likely N-dealkylation sites (tertiary alicyclic amines) is 1. The second-order valence-corrected chi connectivity index (χ2v) is 7.90. The van der Waals surface area contributed by atoms with Crippen molar-refractivity contribution in [3.8, 4) is 0 Å². The van der Waals surface area contributed by atoms with E-state index in [2.05, 4.69) is 51.5 Å². The van der Waals surface area contributed by atoms with E-state index < -0.39 is 0 Å². The Morgan fingerprint density at radius 2 is 2.12 bits per heavy atom. The number of hydrogen-bond donors (Lipinski definition) is 0. The van der Waals surface area contributed by atoms with Gasteiger partial charge >= 0.3 is 0 Å². The Kier molecular flexibility index (Phi) is 4.85. The molecule has 6 heteroatoms. The normalized spacial score (nSPS) is 17.9. The van der Waals surface area contributed by atoms with Crippen LogP contribution in [0.1, 0.15) is 38.2 Å². The molecule has 1 amide bonds. The van der Waals surface area contributed by atoms with Gasteiger partial charge in [0.2, 0.25) is 5.91 Å². The topological polar surface area (TPSA) is 50.5 Å². The summed E-state index contributed by atoms with van der Waals surface area (Å²) < 4.78 is 2.08. The van der Waals surface area contributed by atoms with Crippen molar-refractivity contribution in [2.24, 2.45) is 0 Å². The lowest BCUT2D eigenvalue weighted by atomic mass is 10.0. The molecule has 1 saturated heterocycles. The van der Waals surface area contributed by atoms with E-state index in [9.17, 15) is 4.79 Å². The van der Waals surface area contributed by atoms with E-state index in [1.165, 1.54) is 18.2 Å². The van der Waals surface area contributed by atoms with Gasteiger partial charge < -0.3 is 4.90 Å². The number of nitrogens with zero attached hydrogens (tertiary/aromatic N) is 4. The molecule has 0 N–H and O–H groups in total. The van der Waals surface area contributed by atoms with Crippen LogP contribution in [0.5, 0.6) is 0 Å². The third-order valence-corrected chi connectivity index (χ3v) is 6.19. The van der Waals surface area contributed by atoms with Crippen molar-refractivity contribution in [3.63, 3.8) is 0 Å². The van der Waals surface area contributed by atoms with Crippen molar-refractivity contribution in [2.75, 3.05) is 12.3 Å². The van der Waals surface area contributed by atoms with E-state index in [4.69, 9.17) is 0 Å². The van der Waals surface area contributed by atoms with Crippen LogP contribution >= 0.6 is 11.8 Å². The van der Waals surface area contributed by atoms with E-state index >= 15 is 0 Å². The van der Waals surface area contributed by atoms with E-state index in [0.717, 1.165) is 53.1 Å². The lowest BCUT2D eigenvalue weighted by molar-refractivity contribution is -0.132. The molecule has 1 atom stereocenters. The molecule has 3 aromatic rings. The van der Waals surface area contributed by atoms with Gasteiger partial charge in [0.05, 0.1) is 11.3 Å². The summed E-state index contributed by atoms with van der Waals surface area (Å²) >= 11 is 1.49. The fourth-order valence-electron chi connectivity index (χ4n) is 3.91. The number of carbonyl (C=O) groups is 1. The number of amides is 1. The van der Waals surface area contributed by atoms with Gasteiger partial charge in [-0.2, -0.15) is 0 Å². The first kappa shape index (κ1) is 17.3. The summed E-state index contributed by atoms with van der Waals surface area (Å²) in [5, 5.41) is 10.7. The maximum Gasteiger partial charge on any atom is 0.233 e. The number of carbonyl (C=O) groups excluding carboxylic acids is 1. The first-order chi connectivity index (χ1) is 12.7. The summed E-state index contributed by atoms with van der Waals surface area (Å²) in [7, 11) is 0. The Morgan fingerprint density at radius 3 is 2.96 bits per heavy atom. The van der Waals surface area contributed by atoms with Gasteiger partial charge in [-0.1, -0.05) is 36.9 Å². The SMILES string of the molecule is CC[C@@H]1CCCCN1C(=O)CSc1nnc2c(C)cc3ccccc3n12. The summed E-state index contributed by atoms with van der Waals surface area (Å²) in [5.74, 6) is 0.634. The number of hydrogen-bond acceptors (Lipinski definition) is 4. The molecule has 2 aromatic heterocycles. The molecule has 0 saturated carbocycles. The first-order valence-corrected chi connectivity index (χ1v) is 10.3. The molecule has 136 valence electrons. The second-order valence-electron chi connectivity index (χ2n) is 6.96. The van der Waals surface area contributed by atoms with E-state index in [1.807, 2.05) is 12.1 Å². The molecule has 4 rings (SSSR count). The first-order valence-electron chi connectivity index (χ1n) is 9.34. The maximum absolute atomic E-state index is 12.8. The Bertz CT molecular complexity index is 952. The Morgan fingerprint density at radius 1 is 1.27 bits per heavy atom. The number of aryl methyl sites for hydroxylation is 1. The molecule has 0 unspecified atom stereocenters. The largest absolute Gasteiger partial charge is 0.339 e. The van der Waals surface area contributed by atoms with Crippen LogP contribution < -0.4 is 0 Å². The summed E-state index contributed by atoms with van der Waals surface area (Å²) in [6.07, 6.45) is 4.51. The van der Waals surface area contributed by atoms with Gasteiger partial charge in [-0.3, -0.25) is 9.20 Å². The van der Waals surface area contributed by atoms with Gasteiger partial charge in [-0.15, -0.1) is 10.2 Å². The average Bonchev–Trinajstić information content (AvgIpc) is 3.11. The zero-order valence-corrected chi connectivity index (χ0v) is 16.1. The van der Waals surface area contributed by atoms with Crippen LogP contribution in [0.3, 0.4) is 0 Å². The van der Waals surface area contributed by atoms with Gasteiger partial charge in [-0.05, 0) is 55.7 Å². The molecule has 5 nitrogen and oxygen atoms in total. The Hall–Kier alpha value is -2.08. The van der Waals surface area contributed by atoms with E-state index in [-0.39, 0.29) is 5.91 Å². The summed E-state index contributed by atoms with van der Waals surface area (Å²) in [4.78, 5) is 14.8. The molecular weight excluding hydrogens is 344 g/mol. The molecule has 0 bridgehead atoms. The number of benzene rings is 1. The van der Waals surface area contributed by atoms with E-state index in [0.29, 0.717) is 11.8 Å². The number of piperidine rings is 1. The van der Waals surface area contributed by atoms with Crippen molar-refractivity contribution in [1.82, 2.24) is 19.5 Å². The van der Waals surface area contributed by atoms with Crippen molar-refractivity contribution in [1.29, 1.82) is 0 Å². The highest BCUT2D eigenvalue weighted by Crippen LogP contribution is 2.27. The minimum absolute atomic E-state index is 0.218. The molecule has 3 heterocycles. The van der Waals surface area contributed by atoms with Crippen molar-refractivity contribution >= 4 is 34.2 Å². The number of para-hydroxylation sites is 1. The molecule has 1 aliphatic heterocycles. The zero-order chi connectivity index (χ0) is 18.1. The summed E-state index contributed by atoms with van der Waals surface area (Å²) in [6.45, 7) is 5.11. The molecule has 1 aromatic carbocycles. The van der Waals surface area contributed by atoms with Gasteiger partial charge in [0.25, 0.3) is 0 Å². The predicted molar refractivity (Wildman–Crippen MR) is 106 cm³/mol. The number of fused-ring (bicyclic) bond motifs is 3. The minimum atomic E-state index is 0.218. The lowest BCUT2D eigenvalue weighted by Gasteiger charge is -2.35. The summed E-state index contributed by atoms with van der Waals surface area (Å²) in [6, 6.07) is 10.8. The Balaban J connectivity index is 1.61. The molecule has 1 aliphatic rings. The number of rotatable bonds is 4. The molecular formula is C20H24N4OS. The molecule has 26 heavy (non-hydrogen) atoms. The highest BCUT2D eigenvalue weighted by Gasteiger charge is 2.25. The average molecular weight is 369 g/mol. The van der Waals surface area contributed by atoms with Crippen LogP contribution in [0.15, 0.2) is 35.5 Å². The van der Waals surface area contributed by atoms with Crippen molar-refractivity contribution in [3.05, 3.63) is 35.9 Å².